The highest BCUT2D eigenvalue weighted by atomic mass is 35.7. The van der Waals surface area contributed by atoms with Crippen LogP contribution in [0.3, 0.4) is 0 Å². The van der Waals surface area contributed by atoms with Crippen LogP contribution < -0.4 is 0 Å². The molecule has 19 heavy (non-hydrogen) atoms. The van der Waals surface area contributed by atoms with E-state index in [2.05, 4.69) is 0 Å². The number of rotatable bonds is 4. The van der Waals surface area contributed by atoms with E-state index < -0.39 is 37.1 Å². The maximum atomic E-state index is 13.6. The van der Waals surface area contributed by atoms with Crippen molar-refractivity contribution >= 4 is 25.6 Å². The van der Waals surface area contributed by atoms with Gasteiger partial charge in [0, 0.05) is 23.8 Å². The topological polar surface area (TPSA) is 54.5 Å². The summed E-state index contributed by atoms with van der Waals surface area (Å²) in [6.45, 7) is 3.90. The van der Waals surface area contributed by atoms with Gasteiger partial charge in [0.2, 0.25) is 0 Å². The van der Waals surface area contributed by atoms with Gasteiger partial charge >= 0.3 is 0 Å². The second kappa shape index (κ2) is 5.83. The molecular formula is C11H12ClF2NO3S. The van der Waals surface area contributed by atoms with Crippen molar-refractivity contribution in [1.29, 1.82) is 0 Å². The number of carbonyl (C=O) groups is 1. The number of benzene rings is 1. The monoisotopic (exact) mass is 311 g/mol. The van der Waals surface area contributed by atoms with Gasteiger partial charge in [-0.05, 0) is 26.0 Å². The number of nitrogens with zero attached hydrogens (tertiary/aromatic N) is 1. The summed E-state index contributed by atoms with van der Waals surface area (Å²) in [4.78, 5) is 12.5. The summed E-state index contributed by atoms with van der Waals surface area (Å²) in [6.07, 6.45) is 0. The van der Waals surface area contributed by atoms with Gasteiger partial charge in [0.1, 0.15) is 0 Å². The van der Waals surface area contributed by atoms with Crippen LogP contribution in [-0.4, -0.2) is 32.3 Å². The molecule has 0 fully saturated rings. The van der Waals surface area contributed by atoms with Crippen molar-refractivity contribution in [3.05, 3.63) is 29.3 Å². The van der Waals surface area contributed by atoms with Gasteiger partial charge in [-0.3, -0.25) is 4.79 Å². The lowest BCUT2D eigenvalue weighted by atomic mass is 10.1. The van der Waals surface area contributed by atoms with Gasteiger partial charge in [0.15, 0.2) is 11.6 Å². The Kier molecular flexibility index (Phi) is 4.86. The zero-order valence-corrected chi connectivity index (χ0v) is 11.9. The molecule has 0 spiro atoms. The van der Waals surface area contributed by atoms with Crippen LogP contribution >= 0.6 is 10.7 Å². The largest absolute Gasteiger partial charge is 0.339 e. The van der Waals surface area contributed by atoms with Gasteiger partial charge in [-0.25, -0.2) is 17.2 Å². The number of halogens is 3. The van der Waals surface area contributed by atoms with Gasteiger partial charge < -0.3 is 4.90 Å². The Morgan fingerprint density at radius 1 is 1.26 bits per heavy atom. The molecule has 0 N–H and O–H groups in total. The minimum Gasteiger partial charge on any atom is -0.339 e. The van der Waals surface area contributed by atoms with Crippen LogP contribution in [0.4, 0.5) is 8.78 Å². The molecule has 0 unspecified atom stereocenters. The van der Waals surface area contributed by atoms with E-state index in [0.717, 1.165) is 6.07 Å². The first-order valence-corrected chi connectivity index (χ1v) is 7.76. The Bertz CT molecular complexity index is 600. The normalized spacial score (nSPS) is 11.4. The van der Waals surface area contributed by atoms with Gasteiger partial charge in [-0.1, -0.05) is 0 Å². The van der Waals surface area contributed by atoms with Crippen molar-refractivity contribution < 1.29 is 22.0 Å². The summed E-state index contributed by atoms with van der Waals surface area (Å²) in [5.41, 5.74) is -0.650. The fraction of sp³-hybridized carbons (Fsp3) is 0.364. The fourth-order valence-corrected chi connectivity index (χ4v) is 2.31. The van der Waals surface area contributed by atoms with Crippen LogP contribution in [0.15, 0.2) is 17.0 Å². The summed E-state index contributed by atoms with van der Waals surface area (Å²) >= 11 is 0. The van der Waals surface area contributed by atoms with Gasteiger partial charge in [-0.2, -0.15) is 0 Å². The van der Waals surface area contributed by atoms with Gasteiger partial charge in [0.25, 0.3) is 15.0 Å². The van der Waals surface area contributed by atoms with E-state index in [1.54, 1.807) is 13.8 Å². The molecule has 0 radical (unpaired) electrons. The lowest BCUT2D eigenvalue weighted by Gasteiger charge is -2.19. The number of hydrogen-bond acceptors (Lipinski definition) is 3. The van der Waals surface area contributed by atoms with E-state index in [1.165, 1.54) is 4.90 Å². The van der Waals surface area contributed by atoms with Crippen molar-refractivity contribution in [3.8, 4) is 0 Å². The van der Waals surface area contributed by atoms with E-state index in [4.69, 9.17) is 10.7 Å². The molecule has 106 valence electrons. The van der Waals surface area contributed by atoms with Crippen molar-refractivity contribution in [2.45, 2.75) is 18.7 Å². The number of carbonyl (C=O) groups excluding carboxylic acids is 1. The standard InChI is InChI=1S/C11H12ClF2NO3S/c1-3-15(4-2)11(16)8-5-7(19(12,17)18)6-9(13)10(8)14/h5-6H,3-4H2,1-2H3. The molecule has 8 heteroatoms. The second-order valence-electron chi connectivity index (χ2n) is 3.68. The molecule has 1 aromatic carbocycles. The highest BCUT2D eigenvalue weighted by Crippen LogP contribution is 2.22. The molecule has 4 nitrogen and oxygen atoms in total. The maximum Gasteiger partial charge on any atom is 0.261 e. The molecule has 1 rings (SSSR count). The molecule has 0 heterocycles. The molecule has 1 amide bonds. The Balaban J connectivity index is 3.43. The lowest BCUT2D eigenvalue weighted by molar-refractivity contribution is 0.0767. The number of hydrogen-bond donors (Lipinski definition) is 0. The predicted octanol–water partition coefficient (Wildman–Crippen LogP) is 2.37. The van der Waals surface area contributed by atoms with Crippen LogP contribution in [0.2, 0.25) is 0 Å². The molecule has 0 aliphatic heterocycles. The molecule has 0 atom stereocenters. The quantitative estimate of drug-likeness (QED) is 0.802. The smallest absolute Gasteiger partial charge is 0.261 e. The fourth-order valence-electron chi connectivity index (χ4n) is 1.54. The highest BCUT2D eigenvalue weighted by molar-refractivity contribution is 8.13. The van der Waals surface area contributed by atoms with Crippen molar-refractivity contribution in [3.63, 3.8) is 0 Å². The zero-order chi connectivity index (χ0) is 14.8. The van der Waals surface area contributed by atoms with Crippen molar-refractivity contribution in [2.24, 2.45) is 0 Å². The Morgan fingerprint density at radius 3 is 2.21 bits per heavy atom. The third kappa shape index (κ3) is 3.42. The van der Waals surface area contributed by atoms with Crippen molar-refractivity contribution in [2.75, 3.05) is 13.1 Å². The first-order valence-electron chi connectivity index (χ1n) is 5.45. The molecule has 1 aromatic rings. The first-order chi connectivity index (χ1) is 8.72. The molecule has 0 aromatic heterocycles. The minimum atomic E-state index is -4.24. The molecule has 0 saturated carbocycles. The van der Waals surface area contributed by atoms with Crippen LogP contribution in [0.1, 0.15) is 24.2 Å². The molecule has 0 aliphatic carbocycles. The highest BCUT2D eigenvalue weighted by Gasteiger charge is 2.24. The minimum absolute atomic E-state index is 0.286. The first kappa shape index (κ1) is 15.8. The molecule has 0 saturated heterocycles. The van der Waals surface area contributed by atoms with Crippen molar-refractivity contribution in [1.82, 2.24) is 4.90 Å². The number of amides is 1. The molecule has 0 bridgehead atoms. The SMILES string of the molecule is CCN(CC)C(=O)c1cc(S(=O)(=O)Cl)cc(F)c1F. The molecule has 0 aliphatic rings. The van der Waals surface area contributed by atoms with E-state index >= 15 is 0 Å². The van der Waals surface area contributed by atoms with Crippen LogP contribution in [0.5, 0.6) is 0 Å². The van der Waals surface area contributed by atoms with E-state index in [9.17, 15) is 22.0 Å². The summed E-state index contributed by atoms with van der Waals surface area (Å²) in [7, 11) is 0.823. The maximum absolute atomic E-state index is 13.6. The summed E-state index contributed by atoms with van der Waals surface area (Å²) in [5, 5.41) is 0. The van der Waals surface area contributed by atoms with Gasteiger partial charge in [0.05, 0.1) is 10.5 Å². The summed E-state index contributed by atoms with van der Waals surface area (Å²) < 4.78 is 49.2. The van der Waals surface area contributed by atoms with Crippen LogP contribution in [0, 0.1) is 11.6 Å². The van der Waals surface area contributed by atoms with Gasteiger partial charge in [-0.15, -0.1) is 0 Å². The third-order valence-electron chi connectivity index (χ3n) is 2.56. The Hall–Kier alpha value is -1.21. The average Bonchev–Trinajstić information content (AvgIpc) is 2.32. The predicted molar refractivity (Wildman–Crippen MR) is 66.6 cm³/mol. The Morgan fingerprint density at radius 2 is 1.79 bits per heavy atom. The van der Waals surface area contributed by atoms with E-state index in [-0.39, 0.29) is 13.1 Å². The van der Waals surface area contributed by atoms with Crippen LogP contribution in [0.25, 0.3) is 0 Å². The third-order valence-corrected chi connectivity index (χ3v) is 3.90. The lowest BCUT2D eigenvalue weighted by Crippen LogP contribution is -2.31. The average molecular weight is 312 g/mol. The summed E-state index contributed by atoms with van der Waals surface area (Å²) in [5.74, 6) is -3.61. The van der Waals surface area contributed by atoms with E-state index in [0.29, 0.717) is 6.07 Å². The Labute approximate surface area is 114 Å². The molecular weight excluding hydrogens is 300 g/mol. The van der Waals surface area contributed by atoms with E-state index in [1.807, 2.05) is 0 Å². The van der Waals surface area contributed by atoms with Crippen LogP contribution in [-0.2, 0) is 9.05 Å². The summed E-state index contributed by atoms with van der Waals surface area (Å²) in [6, 6.07) is 1.18. The zero-order valence-electron chi connectivity index (χ0n) is 10.3. The second-order valence-corrected chi connectivity index (χ2v) is 6.25.